The molecule has 1 saturated heterocycles. The van der Waals surface area contributed by atoms with E-state index in [0.717, 1.165) is 32.2 Å². The van der Waals surface area contributed by atoms with E-state index >= 15 is 0 Å². The van der Waals surface area contributed by atoms with Crippen LogP contribution >= 0.6 is 28.3 Å². The molecule has 1 aliphatic heterocycles. The lowest BCUT2D eigenvalue weighted by atomic mass is 10.0. The molecule has 0 amide bonds. The van der Waals surface area contributed by atoms with E-state index in [-0.39, 0.29) is 18.4 Å². The van der Waals surface area contributed by atoms with E-state index in [0.29, 0.717) is 10.0 Å². The van der Waals surface area contributed by atoms with E-state index in [9.17, 15) is 13.2 Å². The number of halogens is 5. The fourth-order valence-electron chi connectivity index (χ4n) is 2.30. The van der Waals surface area contributed by atoms with Crippen LogP contribution in [0.2, 0.25) is 0 Å². The summed E-state index contributed by atoms with van der Waals surface area (Å²) in [4.78, 5) is 2.19. The molecule has 1 heterocycles. The van der Waals surface area contributed by atoms with Crippen molar-refractivity contribution in [2.45, 2.75) is 19.1 Å². The highest BCUT2D eigenvalue weighted by Crippen LogP contribution is 2.34. The molecule has 0 aliphatic carbocycles. The van der Waals surface area contributed by atoms with Crippen molar-refractivity contribution in [3.05, 3.63) is 33.8 Å². The second-order valence-corrected chi connectivity index (χ2v) is 5.65. The van der Waals surface area contributed by atoms with E-state index in [1.165, 1.54) is 6.07 Å². The molecule has 1 aliphatic rings. The number of benzene rings is 1. The van der Waals surface area contributed by atoms with Gasteiger partial charge in [0.1, 0.15) is 0 Å². The molecule has 0 bridgehead atoms. The van der Waals surface area contributed by atoms with Crippen molar-refractivity contribution in [3.8, 4) is 0 Å². The minimum atomic E-state index is -4.30. The number of nitrogens with one attached hydrogen (secondary N) is 1. The van der Waals surface area contributed by atoms with Crippen molar-refractivity contribution < 1.29 is 13.2 Å². The van der Waals surface area contributed by atoms with Crippen molar-refractivity contribution >= 4 is 28.3 Å². The minimum Gasteiger partial charge on any atom is -0.314 e. The van der Waals surface area contributed by atoms with Gasteiger partial charge in [-0.3, -0.25) is 4.90 Å². The maximum Gasteiger partial charge on any atom is 0.416 e. The van der Waals surface area contributed by atoms with Gasteiger partial charge in [0.2, 0.25) is 0 Å². The van der Waals surface area contributed by atoms with Crippen molar-refractivity contribution in [1.82, 2.24) is 10.2 Å². The topological polar surface area (TPSA) is 15.3 Å². The van der Waals surface area contributed by atoms with Gasteiger partial charge in [-0.2, -0.15) is 13.2 Å². The van der Waals surface area contributed by atoms with Crippen molar-refractivity contribution in [1.29, 1.82) is 0 Å². The highest BCUT2D eigenvalue weighted by atomic mass is 79.9. The lowest BCUT2D eigenvalue weighted by Crippen LogP contribution is -2.44. The Kier molecular flexibility index (Phi) is 6.31. The van der Waals surface area contributed by atoms with E-state index in [1.54, 1.807) is 6.07 Å². The Labute approximate surface area is 131 Å². The van der Waals surface area contributed by atoms with E-state index < -0.39 is 11.7 Å². The van der Waals surface area contributed by atoms with Crippen molar-refractivity contribution in [2.75, 3.05) is 26.2 Å². The molecule has 0 aromatic heterocycles. The third kappa shape index (κ3) is 4.35. The molecule has 1 N–H and O–H groups in total. The van der Waals surface area contributed by atoms with Gasteiger partial charge in [0.05, 0.1) is 5.56 Å². The van der Waals surface area contributed by atoms with Crippen LogP contribution in [-0.2, 0) is 6.18 Å². The molecule has 114 valence electrons. The quantitative estimate of drug-likeness (QED) is 0.847. The molecule has 1 fully saturated rings. The summed E-state index contributed by atoms with van der Waals surface area (Å²) >= 11 is 3.17. The molecular weight excluding hydrogens is 357 g/mol. The van der Waals surface area contributed by atoms with Gasteiger partial charge in [-0.05, 0) is 30.7 Å². The summed E-state index contributed by atoms with van der Waals surface area (Å²) in [5, 5.41) is 3.24. The highest BCUT2D eigenvalue weighted by molar-refractivity contribution is 9.10. The summed E-state index contributed by atoms with van der Waals surface area (Å²) in [6.07, 6.45) is -4.30. The van der Waals surface area contributed by atoms with E-state index in [2.05, 4.69) is 26.1 Å². The molecule has 2 nitrogen and oxygen atoms in total. The molecule has 1 aromatic rings. The second kappa shape index (κ2) is 7.11. The molecule has 20 heavy (non-hydrogen) atoms. The zero-order chi connectivity index (χ0) is 14.0. The minimum absolute atomic E-state index is 0. The van der Waals surface area contributed by atoms with E-state index in [1.807, 2.05) is 6.92 Å². The predicted molar refractivity (Wildman–Crippen MR) is 79.2 cm³/mol. The number of piperazine rings is 1. The van der Waals surface area contributed by atoms with Gasteiger partial charge in [0, 0.05) is 36.7 Å². The van der Waals surface area contributed by atoms with Crippen LogP contribution in [0.15, 0.2) is 22.7 Å². The average molecular weight is 374 g/mol. The van der Waals surface area contributed by atoms with Crippen LogP contribution < -0.4 is 5.32 Å². The van der Waals surface area contributed by atoms with Crippen molar-refractivity contribution in [2.24, 2.45) is 0 Å². The zero-order valence-electron chi connectivity index (χ0n) is 11.0. The number of alkyl halides is 3. The molecule has 2 rings (SSSR count). The third-order valence-corrected chi connectivity index (χ3v) is 3.89. The fourth-order valence-corrected chi connectivity index (χ4v) is 2.81. The zero-order valence-corrected chi connectivity index (χ0v) is 13.4. The standard InChI is InChI=1S/C13H16BrF3N2.ClH/c1-9(19-4-2-18-3-5-19)10-6-11(13(15,16)17)8-12(14)7-10;/h6-9,18H,2-5H2,1H3;1H/t9-;/m0./s1. The highest BCUT2D eigenvalue weighted by Gasteiger charge is 2.32. The summed E-state index contributed by atoms with van der Waals surface area (Å²) in [7, 11) is 0. The SMILES string of the molecule is C[C@@H](c1cc(Br)cc(C(F)(F)F)c1)N1CCNCC1.Cl. The Bertz CT molecular complexity index is 448. The average Bonchev–Trinajstić information content (AvgIpc) is 2.37. The van der Waals surface area contributed by atoms with Gasteiger partial charge < -0.3 is 5.32 Å². The summed E-state index contributed by atoms with van der Waals surface area (Å²) < 4.78 is 38.9. The Hall–Kier alpha value is -0.300. The lowest BCUT2D eigenvalue weighted by Gasteiger charge is -2.33. The first-order chi connectivity index (χ1) is 8.88. The molecule has 0 spiro atoms. The number of hydrogen-bond donors (Lipinski definition) is 1. The normalized spacial score (nSPS) is 18.4. The van der Waals surface area contributed by atoms with Gasteiger partial charge in [-0.1, -0.05) is 15.9 Å². The molecule has 1 aromatic carbocycles. The first-order valence-electron chi connectivity index (χ1n) is 6.20. The van der Waals surface area contributed by atoms with Crippen LogP contribution in [0.3, 0.4) is 0 Å². The largest absolute Gasteiger partial charge is 0.416 e. The van der Waals surface area contributed by atoms with Gasteiger partial charge in [0.25, 0.3) is 0 Å². The lowest BCUT2D eigenvalue weighted by molar-refractivity contribution is -0.137. The molecule has 0 radical (unpaired) electrons. The Balaban J connectivity index is 0.00000200. The van der Waals surface area contributed by atoms with Crippen LogP contribution in [0.1, 0.15) is 24.1 Å². The molecule has 1 atom stereocenters. The Morgan fingerprint density at radius 3 is 2.35 bits per heavy atom. The third-order valence-electron chi connectivity index (χ3n) is 3.43. The van der Waals surface area contributed by atoms with Crippen LogP contribution in [0.25, 0.3) is 0 Å². The number of rotatable bonds is 2. The summed E-state index contributed by atoms with van der Waals surface area (Å²) in [5.41, 5.74) is 0.0995. The second-order valence-electron chi connectivity index (χ2n) is 4.73. The predicted octanol–water partition coefficient (Wildman–Crippen LogP) is 3.86. The van der Waals surface area contributed by atoms with Gasteiger partial charge in [0.15, 0.2) is 0 Å². The first kappa shape index (κ1) is 17.8. The van der Waals surface area contributed by atoms with Crippen LogP contribution in [0, 0.1) is 0 Å². The van der Waals surface area contributed by atoms with Crippen LogP contribution in [0.5, 0.6) is 0 Å². The molecule has 7 heteroatoms. The van der Waals surface area contributed by atoms with Gasteiger partial charge in [-0.15, -0.1) is 12.4 Å². The van der Waals surface area contributed by atoms with Crippen LogP contribution in [-0.4, -0.2) is 31.1 Å². The number of nitrogens with zero attached hydrogens (tertiary/aromatic N) is 1. The Morgan fingerprint density at radius 1 is 1.20 bits per heavy atom. The Morgan fingerprint density at radius 2 is 1.80 bits per heavy atom. The smallest absolute Gasteiger partial charge is 0.314 e. The van der Waals surface area contributed by atoms with Crippen molar-refractivity contribution in [3.63, 3.8) is 0 Å². The van der Waals surface area contributed by atoms with Crippen LogP contribution in [0.4, 0.5) is 13.2 Å². The monoisotopic (exact) mass is 372 g/mol. The summed E-state index contributed by atoms with van der Waals surface area (Å²) in [5.74, 6) is 0. The first-order valence-corrected chi connectivity index (χ1v) is 6.99. The van der Waals surface area contributed by atoms with E-state index in [4.69, 9.17) is 0 Å². The maximum absolute atomic E-state index is 12.8. The molecule has 0 unspecified atom stereocenters. The fraction of sp³-hybridized carbons (Fsp3) is 0.538. The molecular formula is C13H17BrClF3N2. The van der Waals surface area contributed by atoms with Gasteiger partial charge in [-0.25, -0.2) is 0 Å². The summed E-state index contributed by atoms with van der Waals surface area (Å²) in [6.45, 7) is 5.42. The van der Waals surface area contributed by atoms with Gasteiger partial charge >= 0.3 is 6.18 Å². The maximum atomic E-state index is 12.8. The summed E-state index contributed by atoms with van der Waals surface area (Å²) in [6, 6.07) is 4.12. The number of hydrogen-bond acceptors (Lipinski definition) is 2. The molecule has 0 saturated carbocycles.